The predicted molar refractivity (Wildman–Crippen MR) is 80.9 cm³/mol. The second-order valence-corrected chi connectivity index (χ2v) is 4.56. The van der Waals surface area contributed by atoms with Gasteiger partial charge in [0.2, 0.25) is 5.75 Å². The summed E-state index contributed by atoms with van der Waals surface area (Å²) < 4.78 is 0. The normalized spacial score (nSPS) is 10.4. The fraction of sp³-hybridized carbons (Fsp3) is 0. The summed E-state index contributed by atoms with van der Waals surface area (Å²) in [6.45, 7) is 0. The third-order valence-electron chi connectivity index (χ3n) is 2.99. The molecule has 2 rings (SSSR count). The lowest BCUT2D eigenvalue weighted by Gasteiger charge is -2.02. The van der Waals surface area contributed by atoms with E-state index in [0.29, 0.717) is 11.1 Å². The zero-order chi connectivity index (χ0) is 17.0. The summed E-state index contributed by atoms with van der Waals surface area (Å²) in [5.74, 6) is -2.23. The molecule has 0 bridgehead atoms. The highest BCUT2D eigenvalue weighted by atomic mass is 16.6. The van der Waals surface area contributed by atoms with Crippen molar-refractivity contribution in [2.45, 2.75) is 0 Å². The van der Waals surface area contributed by atoms with Crippen LogP contribution in [0.1, 0.15) is 21.5 Å². The van der Waals surface area contributed by atoms with E-state index in [-0.39, 0.29) is 5.56 Å². The highest BCUT2D eigenvalue weighted by Gasteiger charge is 2.20. The Morgan fingerprint density at radius 1 is 1.26 bits per heavy atom. The quantitative estimate of drug-likeness (QED) is 0.294. The number of nitriles is 1. The first-order chi connectivity index (χ1) is 10.9. The summed E-state index contributed by atoms with van der Waals surface area (Å²) >= 11 is 0. The number of carbonyl (C=O) groups is 1. The molecule has 0 heterocycles. The number of hydrogen-bond donors (Lipinski definition) is 2. The Balaban J connectivity index is 2.32. The van der Waals surface area contributed by atoms with Crippen molar-refractivity contribution in [1.82, 2.24) is 0 Å². The van der Waals surface area contributed by atoms with Gasteiger partial charge in [-0.05, 0) is 29.8 Å². The molecular weight excluding hydrogens is 300 g/mol. The Morgan fingerprint density at radius 3 is 2.65 bits per heavy atom. The maximum absolute atomic E-state index is 12.0. The van der Waals surface area contributed by atoms with Crippen molar-refractivity contribution in [3.05, 3.63) is 69.3 Å². The number of rotatable bonds is 4. The molecule has 0 spiro atoms. The minimum atomic E-state index is -0.897. The van der Waals surface area contributed by atoms with Gasteiger partial charge in [0.05, 0.1) is 16.6 Å². The molecular formula is C16H10N2O5. The fourth-order valence-electron chi connectivity index (χ4n) is 1.87. The molecule has 0 unspecified atom stereocenters. The Hall–Kier alpha value is -3.66. The first-order valence-electron chi connectivity index (χ1n) is 6.35. The van der Waals surface area contributed by atoms with Crippen LogP contribution in [0, 0.1) is 21.4 Å². The Bertz CT molecular complexity index is 865. The molecule has 2 aromatic carbocycles. The van der Waals surface area contributed by atoms with Gasteiger partial charge in [-0.2, -0.15) is 5.26 Å². The number of allylic oxidation sites excluding steroid dienone is 1. The molecule has 2 aromatic rings. The molecule has 0 amide bonds. The number of nitro benzene ring substituents is 1. The van der Waals surface area contributed by atoms with Gasteiger partial charge in [-0.1, -0.05) is 18.2 Å². The summed E-state index contributed by atoms with van der Waals surface area (Å²) in [5.41, 5.74) is 0.139. The molecule has 0 atom stereocenters. The van der Waals surface area contributed by atoms with Crippen LogP contribution in [0.2, 0.25) is 0 Å². The third kappa shape index (κ3) is 3.51. The van der Waals surface area contributed by atoms with Crippen molar-refractivity contribution in [3.8, 4) is 17.6 Å². The van der Waals surface area contributed by atoms with Crippen molar-refractivity contribution < 1.29 is 19.9 Å². The SMILES string of the molecule is N#Cc1cccc(/C=C/C(=O)c2cc(O)c(O)c([N+](=O)[O-])c2)c1. The van der Waals surface area contributed by atoms with Gasteiger partial charge in [0.15, 0.2) is 11.5 Å². The molecule has 114 valence electrons. The lowest BCUT2D eigenvalue weighted by Crippen LogP contribution is -1.97. The maximum atomic E-state index is 12.0. The second kappa shape index (κ2) is 6.41. The first-order valence-corrected chi connectivity index (χ1v) is 6.35. The molecule has 0 aromatic heterocycles. The molecule has 0 aliphatic rings. The van der Waals surface area contributed by atoms with E-state index in [1.807, 2.05) is 6.07 Å². The Labute approximate surface area is 130 Å². The van der Waals surface area contributed by atoms with E-state index in [1.54, 1.807) is 24.3 Å². The van der Waals surface area contributed by atoms with Crippen LogP contribution in [0.3, 0.4) is 0 Å². The van der Waals surface area contributed by atoms with E-state index < -0.39 is 27.9 Å². The molecule has 7 heteroatoms. The number of ketones is 1. The van der Waals surface area contributed by atoms with Gasteiger partial charge in [-0.15, -0.1) is 0 Å². The molecule has 0 fully saturated rings. The number of carbonyl (C=O) groups excluding carboxylic acids is 1. The number of hydrogen-bond acceptors (Lipinski definition) is 6. The first kappa shape index (κ1) is 15.7. The molecule has 7 nitrogen and oxygen atoms in total. The van der Waals surface area contributed by atoms with Crippen molar-refractivity contribution in [2.24, 2.45) is 0 Å². The minimum absolute atomic E-state index is 0.139. The smallest absolute Gasteiger partial charge is 0.315 e. The zero-order valence-electron chi connectivity index (χ0n) is 11.6. The summed E-state index contributed by atoms with van der Waals surface area (Å²) in [7, 11) is 0. The third-order valence-corrected chi connectivity index (χ3v) is 2.99. The number of nitrogens with zero attached hydrogens (tertiary/aromatic N) is 2. The van der Waals surface area contributed by atoms with Crippen molar-refractivity contribution in [1.29, 1.82) is 5.26 Å². The van der Waals surface area contributed by atoms with E-state index in [1.165, 1.54) is 6.08 Å². The van der Waals surface area contributed by atoms with Crippen molar-refractivity contribution in [3.63, 3.8) is 0 Å². The van der Waals surface area contributed by atoms with Gasteiger partial charge in [0.25, 0.3) is 0 Å². The van der Waals surface area contributed by atoms with E-state index >= 15 is 0 Å². The average Bonchev–Trinajstić information content (AvgIpc) is 2.54. The predicted octanol–water partition coefficient (Wildman–Crippen LogP) is 2.77. The Kier molecular flexibility index (Phi) is 4.38. The van der Waals surface area contributed by atoms with Gasteiger partial charge in [-0.25, -0.2) is 0 Å². The van der Waals surface area contributed by atoms with Crippen LogP contribution >= 0.6 is 0 Å². The van der Waals surface area contributed by atoms with Gasteiger partial charge >= 0.3 is 5.69 Å². The van der Waals surface area contributed by atoms with Crippen LogP contribution in [0.15, 0.2) is 42.5 Å². The number of phenolic OH excluding ortho intramolecular Hbond substituents is 2. The van der Waals surface area contributed by atoms with Gasteiger partial charge in [0, 0.05) is 11.6 Å². The van der Waals surface area contributed by atoms with E-state index in [0.717, 1.165) is 18.2 Å². The van der Waals surface area contributed by atoms with Gasteiger partial charge in [0.1, 0.15) is 0 Å². The molecule has 0 saturated carbocycles. The minimum Gasteiger partial charge on any atom is -0.504 e. The summed E-state index contributed by atoms with van der Waals surface area (Å²) in [6.07, 6.45) is 2.60. The van der Waals surface area contributed by atoms with Gasteiger partial charge < -0.3 is 10.2 Å². The fourth-order valence-corrected chi connectivity index (χ4v) is 1.87. The lowest BCUT2D eigenvalue weighted by molar-refractivity contribution is -0.386. The molecule has 23 heavy (non-hydrogen) atoms. The van der Waals surface area contributed by atoms with E-state index in [2.05, 4.69) is 0 Å². The number of nitro groups is 1. The molecule has 0 saturated heterocycles. The largest absolute Gasteiger partial charge is 0.504 e. The van der Waals surface area contributed by atoms with Crippen LogP contribution in [0.5, 0.6) is 11.5 Å². The number of benzene rings is 2. The second-order valence-electron chi connectivity index (χ2n) is 4.56. The average molecular weight is 310 g/mol. The molecule has 0 radical (unpaired) electrons. The lowest BCUT2D eigenvalue weighted by atomic mass is 10.1. The highest BCUT2D eigenvalue weighted by Crippen LogP contribution is 2.36. The summed E-state index contributed by atoms with van der Waals surface area (Å²) in [4.78, 5) is 21.9. The summed E-state index contributed by atoms with van der Waals surface area (Å²) in [5, 5.41) is 38.4. The van der Waals surface area contributed by atoms with Crippen molar-refractivity contribution >= 4 is 17.5 Å². The van der Waals surface area contributed by atoms with Crippen LogP contribution in [-0.2, 0) is 0 Å². The number of aromatic hydroxyl groups is 2. The standard InChI is InChI=1S/C16H10N2O5/c17-9-11-3-1-2-10(6-11)4-5-14(19)12-7-13(18(22)23)16(21)15(20)8-12/h1-8,20-21H/b5-4+. The summed E-state index contributed by atoms with van der Waals surface area (Å²) in [6, 6.07) is 10.3. The van der Waals surface area contributed by atoms with E-state index in [4.69, 9.17) is 5.26 Å². The Morgan fingerprint density at radius 2 is 2.00 bits per heavy atom. The van der Waals surface area contributed by atoms with Crippen LogP contribution in [-0.4, -0.2) is 20.9 Å². The molecule has 0 aliphatic carbocycles. The maximum Gasteiger partial charge on any atom is 0.315 e. The topological polar surface area (TPSA) is 124 Å². The highest BCUT2D eigenvalue weighted by molar-refractivity contribution is 6.07. The van der Waals surface area contributed by atoms with Crippen molar-refractivity contribution in [2.75, 3.05) is 0 Å². The van der Waals surface area contributed by atoms with Crippen LogP contribution in [0.25, 0.3) is 6.08 Å². The number of phenols is 2. The van der Waals surface area contributed by atoms with Gasteiger partial charge in [-0.3, -0.25) is 14.9 Å². The molecule has 0 aliphatic heterocycles. The van der Waals surface area contributed by atoms with E-state index in [9.17, 15) is 25.1 Å². The molecule has 2 N–H and O–H groups in total. The van der Waals surface area contributed by atoms with Crippen LogP contribution < -0.4 is 0 Å². The monoisotopic (exact) mass is 310 g/mol. The zero-order valence-corrected chi connectivity index (χ0v) is 11.6. The van der Waals surface area contributed by atoms with Crippen LogP contribution in [0.4, 0.5) is 5.69 Å².